The summed E-state index contributed by atoms with van der Waals surface area (Å²) in [5, 5.41) is 3.13. The molecule has 0 radical (unpaired) electrons. The Balaban J connectivity index is 2.31. The fourth-order valence-corrected chi connectivity index (χ4v) is 3.54. The molecule has 0 bridgehead atoms. The Kier molecular flexibility index (Phi) is 5.55. The molecule has 0 saturated heterocycles. The number of fused-ring (bicyclic) bond motifs is 1. The highest BCUT2D eigenvalue weighted by Crippen LogP contribution is 2.46. The van der Waals surface area contributed by atoms with Gasteiger partial charge in [-0.3, -0.25) is 0 Å². The molecule has 148 valence electrons. The van der Waals surface area contributed by atoms with Crippen molar-refractivity contribution in [3.05, 3.63) is 45.4 Å². The molecular formula is C19H22N4O4S. The Hall–Kier alpha value is -3.07. The van der Waals surface area contributed by atoms with Gasteiger partial charge in [0.05, 0.1) is 32.3 Å². The predicted molar refractivity (Wildman–Crippen MR) is 108 cm³/mol. The summed E-state index contributed by atoms with van der Waals surface area (Å²) >= 11 is 5.15. The van der Waals surface area contributed by atoms with Crippen LogP contribution < -0.4 is 20.5 Å². The van der Waals surface area contributed by atoms with E-state index < -0.39 is 11.9 Å². The van der Waals surface area contributed by atoms with E-state index in [0.29, 0.717) is 40.0 Å². The largest absolute Gasteiger partial charge is 0.497 e. The third kappa shape index (κ3) is 3.40. The van der Waals surface area contributed by atoms with Crippen LogP contribution in [0.3, 0.4) is 0 Å². The van der Waals surface area contributed by atoms with Crippen molar-refractivity contribution in [1.29, 1.82) is 0 Å². The minimum Gasteiger partial charge on any atom is -0.497 e. The monoisotopic (exact) mass is 402 g/mol. The van der Waals surface area contributed by atoms with Crippen LogP contribution in [0, 0.1) is 4.77 Å². The van der Waals surface area contributed by atoms with Crippen molar-refractivity contribution < 1.29 is 19.0 Å². The molecule has 0 amide bonds. The Labute approximate surface area is 167 Å². The number of hydrogen-bond donors (Lipinski definition) is 3. The molecule has 0 saturated carbocycles. The lowest BCUT2D eigenvalue weighted by Crippen LogP contribution is -2.26. The van der Waals surface area contributed by atoms with Gasteiger partial charge in [0.2, 0.25) is 0 Å². The highest BCUT2D eigenvalue weighted by molar-refractivity contribution is 7.71. The molecule has 1 atom stereocenters. The first-order chi connectivity index (χ1) is 13.4. The van der Waals surface area contributed by atoms with Crippen molar-refractivity contribution in [2.75, 3.05) is 31.9 Å². The lowest BCUT2D eigenvalue weighted by atomic mass is 9.81. The first kappa shape index (κ1) is 19.7. The summed E-state index contributed by atoms with van der Waals surface area (Å²) in [4.78, 5) is 20.0. The molecule has 0 fully saturated rings. The molecule has 2 heterocycles. The second-order valence-corrected chi connectivity index (χ2v) is 6.53. The van der Waals surface area contributed by atoms with Crippen molar-refractivity contribution in [3.63, 3.8) is 0 Å². The highest BCUT2D eigenvalue weighted by Gasteiger charge is 2.37. The molecule has 3 rings (SSSR count). The van der Waals surface area contributed by atoms with Crippen LogP contribution in [0.4, 0.5) is 11.6 Å². The summed E-state index contributed by atoms with van der Waals surface area (Å²) in [6, 6.07) is 5.39. The smallest absolute Gasteiger partial charge is 0.336 e. The summed E-state index contributed by atoms with van der Waals surface area (Å²) in [5.41, 5.74) is 8.63. The van der Waals surface area contributed by atoms with Crippen LogP contribution in [0.15, 0.2) is 29.5 Å². The standard InChI is InChI=1S/C19H22N4O4S/c1-5-27-18(24)13-9(2)21-17-15(16(20)22-19(28)23-17)14(13)11-7-6-10(25-3)8-12(11)26-4/h6-8,14H,5H2,1-4H3,(H4,20,21,22,23,28). The zero-order chi connectivity index (χ0) is 20.4. The number of ether oxygens (including phenoxy) is 3. The average Bonchev–Trinajstić information content (AvgIpc) is 2.66. The topological polar surface area (TPSA) is 111 Å². The minimum atomic E-state index is -0.560. The van der Waals surface area contributed by atoms with Gasteiger partial charge in [-0.15, -0.1) is 0 Å². The molecule has 1 aliphatic rings. The van der Waals surface area contributed by atoms with Crippen LogP contribution in [0.5, 0.6) is 11.5 Å². The van der Waals surface area contributed by atoms with Gasteiger partial charge in [-0.05, 0) is 32.1 Å². The van der Waals surface area contributed by atoms with Crippen LogP contribution in [0.25, 0.3) is 0 Å². The van der Waals surface area contributed by atoms with Gasteiger partial charge >= 0.3 is 5.97 Å². The number of nitrogens with two attached hydrogens (primary N) is 1. The zero-order valence-corrected chi connectivity index (χ0v) is 16.9. The number of aromatic nitrogens is 2. The summed E-state index contributed by atoms with van der Waals surface area (Å²) in [7, 11) is 3.13. The van der Waals surface area contributed by atoms with Crippen LogP contribution in [-0.4, -0.2) is 36.8 Å². The number of esters is 1. The van der Waals surface area contributed by atoms with Gasteiger partial charge in [-0.25, -0.2) is 9.78 Å². The van der Waals surface area contributed by atoms with E-state index >= 15 is 0 Å². The second-order valence-electron chi connectivity index (χ2n) is 6.14. The average molecular weight is 402 g/mol. The van der Waals surface area contributed by atoms with Crippen LogP contribution in [0.1, 0.15) is 30.9 Å². The number of hydrogen-bond acceptors (Lipinski definition) is 8. The molecule has 9 heteroatoms. The Morgan fingerprint density at radius 3 is 2.71 bits per heavy atom. The second kappa shape index (κ2) is 7.89. The minimum absolute atomic E-state index is 0.247. The van der Waals surface area contributed by atoms with E-state index in [2.05, 4.69) is 15.3 Å². The molecule has 28 heavy (non-hydrogen) atoms. The van der Waals surface area contributed by atoms with Crippen LogP contribution in [0.2, 0.25) is 0 Å². The molecule has 0 spiro atoms. The maximum Gasteiger partial charge on any atom is 0.336 e. The molecule has 1 aromatic heterocycles. The van der Waals surface area contributed by atoms with Crippen molar-refractivity contribution in [2.45, 2.75) is 19.8 Å². The van der Waals surface area contributed by atoms with Gasteiger partial charge in [-0.1, -0.05) is 6.07 Å². The molecule has 0 aliphatic carbocycles. The van der Waals surface area contributed by atoms with Gasteiger partial charge in [0.15, 0.2) is 4.77 Å². The third-order valence-corrected chi connectivity index (χ3v) is 4.73. The van der Waals surface area contributed by atoms with Crippen LogP contribution >= 0.6 is 12.2 Å². The van der Waals surface area contributed by atoms with Gasteiger partial charge in [0.25, 0.3) is 0 Å². The molecule has 1 unspecified atom stereocenters. The van der Waals surface area contributed by atoms with Crippen molar-refractivity contribution >= 4 is 29.8 Å². The number of allylic oxidation sites excluding steroid dienone is 1. The lowest BCUT2D eigenvalue weighted by Gasteiger charge is -2.30. The zero-order valence-electron chi connectivity index (χ0n) is 16.1. The summed E-state index contributed by atoms with van der Waals surface area (Å²) in [6.07, 6.45) is 0. The third-order valence-electron chi connectivity index (χ3n) is 4.53. The number of benzene rings is 1. The van der Waals surface area contributed by atoms with Crippen LogP contribution in [-0.2, 0) is 9.53 Å². The number of nitrogens with zero attached hydrogens (tertiary/aromatic N) is 1. The number of nitrogens with one attached hydrogen (secondary N) is 2. The number of carbonyl (C=O) groups excluding carboxylic acids is 1. The van der Waals surface area contributed by atoms with Crippen molar-refractivity contribution in [2.24, 2.45) is 0 Å². The van der Waals surface area contributed by atoms with E-state index in [1.54, 1.807) is 40.2 Å². The molecular weight excluding hydrogens is 380 g/mol. The van der Waals surface area contributed by atoms with E-state index in [4.69, 9.17) is 32.2 Å². The fourth-order valence-electron chi connectivity index (χ4n) is 3.34. The van der Waals surface area contributed by atoms with E-state index in [0.717, 1.165) is 5.56 Å². The van der Waals surface area contributed by atoms with E-state index in [1.807, 2.05) is 6.07 Å². The molecule has 8 nitrogen and oxygen atoms in total. The highest BCUT2D eigenvalue weighted by atomic mass is 32.1. The fraction of sp³-hybridized carbons (Fsp3) is 0.316. The summed E-state index contributed by atoms with van der Waals surface area (Å²) in [6.45, 7) is 3.80. The summed E-state index contributed by atoms with van der Waals surface area (Å²) < 4.78 is 16.4. The van der Waals surface area contributed by atoms with Gasteiger partial charge in [0, 0.05) is 22.9 Å². The number of methoxy groups -OCH3 is 2. The molecule has 2 aromatic rings. The Morgan fingerprint density at radius 1 is 1.32 bits per heavy atom. The quantitative estimate of drug-likeness (QED) is 0.517. The SMILES string of the molecule is CCOC(=O)C1=C(C)Nc2nc(=S)[nH]c(N)c2C1c1ccc(OC)cc1OC. The maximum atomic E-state index is 12.8. The number of nitrogen functional groups attached to an aromatic ring is 1. The first-order valence-corrected chi connectivity index (χ1v) is 9.08. The number of aromatic amines is 1. The number of rotatable bonds is 5. The molecule has 1 aliphatic heterocycles. The normalized spacial score (nSPS) is 15.5. The van der Waals surface area contributed by atoms with Gasteiger partial charge in [-0.2, -0.15) is 0 Å². The van der Waals surface area contributed by atoms with E-state index in [9.17, 15) is 4.79 Å². The number of anilines is 2. The molecule has 4 N–H and O–H groups in total. The van der Waals surface area contributed by atoms with Gasteiger partial charge < -0.3 is 30.2 Å². The van der Waals surface area contributed by atoms with Gasteiger partial charge in [0.1, 0.15) is 23.1 Å². The Morgan fingerprint density at radius 2 is 2.07 bits per heavy atom. The Bertz CT molecular complexity index is 1020. The summed E-state index contributed by atoms with van der Waals surface area (Å²) in [5.74, 6) is 0.994. The van der Waals surface area contributed by atoms with Crippen molar-refractivity contribution in [1.82, 2.24) is 9.97 Å². The number of carbonyl (C=O) groups is 1. The van der Waals surface area contributed by atoms with E-state index in [1.165, 1.54) is 0 Å². The predicted octanol–water partition coefficient (Wildman–Crippen LogP) is 3.13. The number of H-pyrrole nitrogens is 1. The first-order valence-electron chi connectivity index (χ1n) is 8.67. The maximum absolute atomic E-state index is 12.8. The molecule has 1 aromatic carbocycles. The van der Waals surface area contributed by atoms with E-state index in [-0.39, 0.29) is 11.4 Å². The van der Waals surface area contributed by atoms with Crippen molar-refractivity contribution in [3.8, 4) is 11.5 Å². The lowest BCUT2D eigenvalue weighted by molar-refractivity contribution is -0.138.